The molecule has 100 valence electrons. The third kappa shape index (κ3) is 3.01. The zero-order valence-electron chi connectivity index (χ0n) is 11.2. The number of hydrogen-bond acceptors (Lipinski definition) is 4. The van der Waals surface area contributed by atoms with Crippen LogP contribution in [0, 0.1) is 6.92 Å². The Hall–Kier alpha value is -1.26. The number of aromatic nitrogens is 2. The molecule has 1 fully saturated rings. The Morgan fingerprint density at radius 1 is 1.42 bits per heavy atom. The summed E-state index contributed by atoms with van der Waals surface area (Å²) in [7, 11) is 0. The summed E-state index contributed by atoms with van der Waals surface area (Å²) in [6.45, 7) is 5.60. The molecule has 0 saturated carbocycles. The molecule has 3 rings (SSSR count). The van der Waals surface area contributed by atoms with E-state index >= 15 is 0 Å². The van der Waals surface area contributed by atoms with Gasteiger partial charge in [-0.15, -0.1) is 11.3 Å². The van der Waals surface area contributed by atoms with Gasteiger partial charge in [0.05, 0.1) is 5.69 Å². The fraction of sp³-hybridized carbons (Fsp3) is 0.467. The maximum absolute atomic E-state index is 4.46. The molecular formula is C15H19N3S. The Balaban J connectivity index is 1.67. The van der Waals surface area contributed by atoms with E-state index in [4.69, 9.17) is 0 Å². The Bertz CT molecular complexity index is 523. The van der Waals surface area contributed by atoms with Crippen LogP contribution in [0.25, 0.3) is 0 Å². The number of likely N-dealkylation sites (tertiary alicyclic amines) is 1. The molecule has 19 heavy (non-hydrogen) atoms. The van der Waals surface area contributed by atoms with Crippen molar-refractivity contribution in [3.05, 3.63) is 46.2 Å². The molecule has 1 atom stereocenters. The van der Waals surface area contributed by atoms with E-state index in [1.54, 1.807) is 12.4 Å². The van der Waals surface area contributed by atoms with Gasteiger partial charge < -0.3 is 0 Å². The molecule has 1 saturated heterocycles. The maximum Gasteiger partial charge on any atom is 0.0630 e. The molecule has 0 amide bonds. The lowest BCUT2D eigenvalue weighted by Crippen LogP contribution is -2.34. The van der Waals surface area contributed by atoms with Gasteiger partial charge in [0.15, 0.2) is 0 Å². The summed E-state index contributed by atoms with van der Waals surface area (Å²) in [4.78, 5) is 12.7. The van der Waals surface area contributed by atoms with Crippen LogP contribution in [0.4, 0.5) is 0 Å². The summed E-state index contributed by atoms with van der Waals surface area (Å²) in [5.74, 6) is 0.544. The number of hydrogen-bond donors (Lipinski definition) is 0. The van der Waals surface area contributed by atoms with Gasteiger partial charge in [-0.05, 0) is 43.3 Å². The van der Waals surface area contributed by atoms with Crippen molar-refractivity contribution in [3.63, 3.8) is 0 Å². The molecule has 0 spiro atoms. The van der Waals surface area contributed by atoms with Crippen molar-refractivity contribution in [3.8, 4) is 0 Å². The van der Waals surface area contributed by atoms with E-state index in [9.17, 15) is 0 Å². The van der Waals surface area contributed by atoms with Gasteiger partial charge >= 0.3 is 0 Å². The van der Waals surface area contributed by atoms with Crippen LogP contribution < -0.4 is 0 Å². The zero-order chi connectivity index (χ0) is 13.1. The highest BCUT2D eigenvalue weighted by Crippen LogP contribution is 2.27. The Morgan fingerprint density at radius 2 is 2.37 bits per heavy atom. The monoisotopic (exact) mass is 273 g/mol. The van der Waals surface area contributed by atoms with Gasteiger partial charge in [0.2, 0.25) is 0 Å². The van der Waals surface area contributed by atoms with Crippen LogP contribution in [0.3, 0.4) is 0 Å². The third-order valence-electron chi connectivity index (χ3n) is 3.84. The van der Waals surface area contributed by atoms with E-state index in [-0.39, 0.29) is 0 Å². The van der Waals surface area contributed by atoms with Crippen LogP contribution in [0.5, 0.6) is 0 Å². The minimum atomic E-state index is 0.544. The molecule has 3 heterocycles. The molecule has 0 aromatic carbocycles. The second-order valence-corrected chi connectivity index (χ2v) is 6.23. The first-order chi connectivity index (χ1) is 9.33. The first-order valence-corrected chi connectivity index (χ1v) is 7.72. The van der Waals surface area contributed by atoms with Crippen LogP contribution in [-0.4, -0.2) is 28.0 Å². The largest absolute Gasteiger partial charge is 0.298 e. The molecule has 0 bridgehead atoms. The van der Waals surface area contributed by atoms with Crippen LogP contribution in [0.1, 0.15) is 34.9 Å². The van der Waals surface area contributed by atoms with E-state index in [1.165, 1.54) is 29.8 Å². The van der Waals surface area contributed by atoms with Gasteiger partial charge in [-0.2, -0.15) is 0 Å². The SMILES string of the molecule is Cc1ccsc1CN1CCC[C@H](c2cnccn2)C1. The predicted octanol–water partition coefficient (Wildman–Crippen LogP) is 3.23. The molecule has 0 unspecified atom stereocenters. The molecule has 3 nitrogen and oxygen atoms in total. The molecule has 4 heteroatoms. The fourth-order valence-electron chi connectivity index (χ4n) is 2.73. The minimum Gasteiger partial charge on any atom is -0.298 e. The summed E-state index contributed by atoms with van der Waals surface area (Å²) in [6.07, 6.45) is 7.96. The zero-order valence-corrected chi connectivity index (χ0v) is 12.1. The van der Waals surface area contributed by atoms with Crippen LogP contribution >= 0.6 is 11.3 Å². The molecule has 2 aromatic heterocycles. The van der Waals surface area contributed by atoms with Crippen molar-refractivity contribution in [2.24, 2.45) is 0 Å². The fourth-order valence-corrected chi connectivity index (χ4v) is 3.68. The topological polar surface area (TPSA) is 29.0 Å². The molecule has 0 N–H and O–H groups in total. The van der Waals surface area contributed by atoms with E-state index in [0.29, 0.717) is 5.92 Å². The van der Waals surface area contributed by atoms with Gasteiger partial charge in [0, 0.05) is 42.5 Å². The van der Waals surface area contributed by atoms with Gasteiger partial charge in [0.25, 0.3) is 0 Å². The molecule has 1 aliphatic rings. The van der Waals surface area contributed by atoms with Crippen molar-refractivity contribution in [1.82, 2.24) is 14.9 Å². The summed E-state index contributed by atoms with van der Waals surface area (Å²) in [6, 6.07) is 2.21. The summed E-state index contributed by atoms with van der Waals surface area (Å²) in [5, 5.41) is 2.19. The molecule has 1 aliphatic heterocycles. The molecule has 0 radical (unpaired) electrons. The van der Waals surface area contributed by atoms with Crippen molar-refractivity contribution < 1.29 is 0 Å². The second-order valence-electron chi connectivity index (χ2n) is 5.23. The highest BCUT2D eigenvalue weighted by molar-refractivity contribution is 7.10. The van der Waals surface area contributed by atoms with Crippen molar-refractivity contribution in [1.29, 1.82) is 0 Å². The number of aryl methyl sites for hydroxylation is 1. The standard InChI is InChI=1S/C15H19N3S/c1-12-4-8-19-15(12)11-18-7-2-3-13(10-18)14-9-16-5-6-17-14/h4-6,8-9,13H,2-3,7,10-11H2,1H3/t13-/m0/s1. The third-order valence-corrected chi connectivity index (χ3v) is 4.85. The van der Waals surface area contributed by atoms with E-state index < -0.39 is 0 Å². The Kier molecular flexibility index (Phi) is 3.89. The predicted molar refractivity (Wildman–Crippen MR) is 78.3 cm³/mol. The lowest BCUT2D eigenvalue weighted by Gasteiger charge is -2.32. The van der Waals surface area contributed by atoms with E-state index in [0.717, 1.165) is 18.8 Å². The van der Waals surface area contributed by atoms with Gasteiger partial charge in [-0.1, -0.05) is 0 Å². The average Bonchev–Trinajstić information content (AvgIpc) is 2.86. The lowest BCUT2D eigenvalue weighted by molar-refractivity contribution is 0.199. The number of rotatable bonds is 3. The average molecular weight is 273 g/mol. The first kappa shape index (κ1) is 12.8. The van der Waals surface area contributed by atoms with Crippen molar-refractivity contribution >= 4 is 11.3 Å². The second kappa shape index (κ2) is 5.80. The number of piperidine rings is 1. The quantitative estimate of drug-likeness (QED) is 0.859. The minimum absolute atomic E-state index is 0.544. The molecule has 2 aromatic rings. The van der Waals surface area contributed by atoms with Crippen LogP contribution in [0.2, 0.25) is 0 Å². The smallest absolute Gasteiger partial charge is 0.0630 e. The van der Waals surface area contributed by atoms with Gasteiger partial charge in [-0.25, -0.2) is 0 Å². The van der Waals surface area contributed by atoms with Crippen molar-refractivity contribution in [2.45, 2.75) is 32.2 Å². The summed E-state index contributed by atoms with van der Waals surface area (Å²) >= 11 is 1.87. The van der Waals surface area contributed by atoms with Gasteiger partial charge in [0.1, 0.15) is 0 Å². The Labute approximate surface area is 118 Å². The van der Waals surface area contributed by atoms with Crippen LogP contribution in [0.15, 0.2) is 30.0 Å². The summed E-state index contributed by atoms with van der Waals surface area (Å²) in [5.41, 5.74) is 2.57. The van der Waals surface area contributed by atoms with Crippen LogP contribution in [-0.2, 0) is 6.54 Å². The highest BCUT2D eigenvalue weighted by Gasteiger charge is 2.22. The normalized spacial score (nSPS) is 20.6. The van der Waals surface area contributed by atoms with Crippen molar-refractivity contribution in [2.75, 3.05) is 13.1 Å². The molecule has 0 aliphatic carbocycles. The number of thiophene rings is 1. The van der Waals surface area contributed by atoms with E-state index in [1.807, 2.05) is 17.5 Å². The van der Waals surface area contributed by atoms with E-state index in [2.05, 4.69) is 33.2 Å². The van der Waals surface area contributed by atoms with Gasteiger partial charge in [-0.3, -0.25) is 14.9 Å². The Morgan fingerprint density at radius 3 is 3.11 bits per heavy atom. The molecular weight excluding hydrogens is 254 g/mol. The summed E-state index contributed by atoms with van der Waals surface area (Å²) < 4.78 is 0. The lowest BCUT2D eigenvalue weighted by atomic mass is 9.95. The first-order valence-electron chi connectivity index (χ1n) is 6.84. The number of nitrogens with zero attached hydrogens (tertiary/aromatic N) is 3. The maximum atomic E-state index is 4.46. The highest BCUT2D eigenvalue weighted by atomic mass is 32.1.